The van der Waals surface area contributed by atoms with Crippen molar-refractivity contribution in [2.75, 3.05) is 26.6 Å². The molecule has 0 bridgehead atoms. The first-order valence-corrected chi connectivity index (χ1v) is 14.2. The van der Waals surface area contributed by atoms with Gasteiger partial charge in [-0.3, -0.25) is 9.97 Å². The molecule has 3 heterocycles. The zero-order valence-electron chi connectivity index (χ0n) is 24.6. The van der Waals surface area contributed by atoms with Crippen LogP contribution in [0.1, 0.15) is 11.1 Å². The zero-order chi connectivity index (χ0) is 30.5. The van der Waals surface area contributed by atoms with Gasteiger partial charge in [0.25, 0.3) is 0 Å². The largest absolute Gasteiger partial charge is 0.493 e. The zero-order valence-corrected chi connectivity index (χ0v) is 24.6. The van der Waals surface area contributed by atoms with Crippen molar-refractivity contribution in [1.29, 1.82) is 0 Å². The van der Waals surface area contributed by atoms with Crippen LogP contribution in [0.5, 0.6) is 23.0 Å². The third-order valence-corrected chi connectivity index (χ3v) is 7.36. The van der Waals surface area contributed by atoms with Gasteiger partial charge in [0.15, 0.2) is 11.5 Å². The van der Waals surface area contributed by atoms with Crippen molar-refractivity contribution in [3.63, 3.8) is 0 Å². The predicted molar refractivity (Wildman–Crippen MR) is 172 cm³/mol. The maximum atomic E-state index is 6.42. The Labute approximate surface area is 255 Å². The number of hydrogen-bond donors (Lipinski definition) is 2. The molecule has 0 spiro atoms. The summed E-state index contributed by atoms with van der Waals surface area (Å²) in [6.07, 6.45) is 5.77. The smallest absolute Gasteiger partial charge is 0.162 e. The molecule has 6 aromatic rings. The van der Waals surface area contributed by atoms with Gasteiger partial charge in [0.2, 0.25) is 0 Å². The van der Waals surface area contributed by atoms with E-state index in [0.717, 1.165) is 44.1 Å². The first-order valence-electron chi connectivity index (χ1n) is 14.2. The molecular formula is C35H33N5O4. The minimum atomic E-state index is -0.213. The van der Waals surface area contributed by atoms with Crippen molar-refractivity contribution in [1.82, 2.24) is 15.0 Å². The van der Waals surface area contributed by atoms with E-state index >= 15 is 0 Å². The van der Waals surface area contributed by atoms with E-state index in [0.29, 0.717) is 48.4 Å². The summed E-state index contributed by atoms with van der Waals surface area (Å²) in [5.41, 5.74) is 17.2. The van der Waals surface area contributed by atoms with E-state index in [1.54, 1.807) is 32.8 Å². The number of benzene rings is 3. The van der Waals surface area contributed by atoms with Crippen molar-refractivity contribution in [2.45, 2.75) is 19.1 Å². The number of fused-ring (bicyclic) bond motifs is 3. The van der Waals surface area contributed by atoms with Crippen LogP contribution in [0, 0.1) is 0 Å². The summed E-state index contributed by atoms with van der Waals surface area (Å²) >= 11 is 0. The highest BCUT2D eigenvalue weighted by atomic mass is 16.5. The van der Waals surface area contributed by atoms with Gasteiger partial charge >= 0.3 is 0 Å². The molecule has 4 N–H and O–H groups in total. The highest BCUT2D eigenvalue weighted by Crippen LogP contribution is 2.37. The molecular weight excluding hydrogens is 554 g/mol. The molecule has 0 aliphatic carbocycles. The lowest BCUT2D eigenvalue weighted by molar-refractivity contribution is 0.286. The van der Waals surface area contributed by atoms with Crippen molar-refractivity contribution < 1.29 is 18.9 Å². The van der Waals surface area contributed by atoms with Gasteiger partial charge in [-0.05, 0) is 53.3 Å². The summed E-state index contributed by atoms with van der Waals surface area (Å²) in [6, 6.07) is 25.5. The van der Waals surface area contributed by atoms with Gasteiger partial charge in [-0.1, -0.05) is 42.5 Å². The average Bonchev–Trinajstić information content (AvgIpc) is 3.06. The number of anilines is 1. The van der Waals surface area contributed by atoms with Crippen LogP contribution in [0.25, 0.3) is 32.9 Å². The SMILES string of the molecule is COc1cc2ncc3c(N)nc(-c4cncc(OC[C@@H](N)Cc5ccc(OCc6ccccc6)cc5)c4)cc3c2cc1OC. The summed E-state index contributed by atoms with van der Waals surface area (Å²) in [5.74, 6) is 2.98. The van der Waals surface area contributed by atoms with E-state index < -0.39 is 0 Å². The molecule has 0 fully saturated rings. The van der Waals surface area contributed by atoms with E-state index in [-0.39, 0.29) is 6.04 Å². The second-order valence-electron chi connectivity index (χ2n) is 10.4. The molecule has 0 radical (unpaired) electrons. The van der Waals surface area contributed by atoms with Crippen molar-refractivity contribution >= 4 is 27.5 Å². The normalized spacial score (nSPS) is 11.8. The Hall–Kier alpha value is -5.41. The number of pyridine rings is 3. The number of hydrogen-bond acceptors (Lipinski definition) is 9. The molecule has 44 heavy (non-hydrogen) atoms. The third-order valence-electron chi connectivity index (χ3n) is 7.36. The van der Waals surface area contributed by atoms with Gasteiger partial charge in [0, 0.05) is 40.8 Å². The fourth-order valence-corrected chi connectivity index (χ4v) is 5.07. The lowest BCUT2D eigenvalue weighted by atomic mass is 10.0. The molecule has 3 aromatic carbocycles. The highest BCUT2D eigenvalue weighted by molar-refractivity contribution is 6.10. The maximum Gasteiger partial charge on any atom is 0.162 e. The molecule has 0 amide bonds. The molecule has 0 aliphatic rings. The maximum absolute atomic E-state index is 6.42. The first-order chi connectivity index (χ1) is 21.5. The summed E-state index contributed by atoms with van der Waals surface area (Å²) in [7, 11) is 3.20. The van der Waals surface area contributed by atoms with E-state index in [9.17, 15) is 0 Å². The van der Waals surface area contributed by atoms with E-state index in [1.165, 1.54) is 0 Å². The van der Waals surface area contributed by atoms with Gasteiger partial charge < -0.3 is 30.4 Å². The number of nitrogens with two attached hydrogens (primary N) is 2. The lowest BCUT2D eigenvalue weighted by Crippen LogP contribution is -2.30. The van der Waals surface area contributed by atoms with Crippen LogP contribution in [-0.2, 0) is 13.0 Å². The molecule has 0 aliphatic heterocycles. The summed E-state index contributed by atoms with van der Waals surface area (Å²) < 4.78 is 22.9. The van der Waals surface area contributed by atoms with Gasteiger partial charge in [0.1, 0.15) is 30.5 Å². The van der Waals surface area contributed by atoms with E-state index in [4.69, 9.17) is 30.4 Å². The molecule has 9 heteroatoms. The predicted octanol–water partition coefficient (Wildman–Crippen LogP) is 5.97. The Balaban J connectivity index is 1.14. The van der Waals surface area contributed by atoms with Crippen LogP contribution in [0.2, 0.25) is 0 Å². The summed E-state index contributed by atoms with van der Waals surface area (Å²) in [4.78, 5) is 13.6. The van der Waals surface area contributed by atoms with Gasteiger partial charge in [0.05, 0.1) is 31.6 Å². The Morgan fingerprint density at radius 1 is 0.727 bits per heavy atom. The topological polar surface area (TPSA) is 128 Å². The van der Waals surface area contributed by atoms with Crippen LogP contribution >= 0.6 is 0 Å². The summed E-state index contributed by atoms with van der Waals surface area (Å²) in [6.45, 7) is 0.850. The fraction of sp³-hybridized carbons (Fsp3) is 0.171. The van der Waals surface area contributed by atoms with Crippen LogP contribution < -0.4 is 30.4 Å². The van der Waals surface area contributed by atoms with E-state index in [1.807, 2.05) is 78.9 Å². The number of ether oxygens (including phenoxy) is 4. The molecule has 0 saturated carbocycles. The fourth-order valence-electron chi connectivity index (χ4n) is 5.07. The summed E-state index contributed by atoms with van der Waals surface area (Å²) in [5, 5.41) is 2.51. The van der Waals surface area contributed by atoms with Gasteiger partial charge in [-0.2, -0.15) is 0 Å². The second-order valence-corrected chi connectivity index (χ2v) is 10.4. The van der Waals surface area contributed by atoms with Crippen molar-refractivity contribution in [3.05, 3.63) is 109 Å². The Morgan fingerprint density at radius 3 is 2.27 bits per heavy atom. The molecule has 0 saturated heterocycles. The van der Waals surface area contributed by atoms with Crippen LogP contribution in [0.15, 0.2) is 97.5 Å². The lowest BCUT2D eigenvalue weighted by Gasteiger charge is -2.15. The van der Waals surface area contributed by atoms with Crippen molar-refractivity contribution in [2.24, 2.45) is 5.73 Å². The Morgan fingerprint density at radius 2 is 1.50 bits per heavy atom. The molecule has 6 rings (SSSR count). The van der Waals surface area contributed by atoms with Crippen LogP contribution in [0.4, 0.5) is 5.82 Å². The Kier molecular flexibility index (Phi) is 8.38. The highest BCUT2D eigenvalue weighted by Gasteiger charge is 2.14. The standard InChI is InChI=1S/C35H33N5O4/c1-41-33-15-29-28-14-31(40-35(37)30(28)19-39-32(29)16-34(33)42-2)24-13-27(18-38-17-24)44-21-25(36)12-22-8-10-26(11-9-22)43-20-23-6-4-3-5-7-23/h3-11,13-19,25H,12,20-21,36H2,1-2H3,(H2,37,40)/t25-/m0/s1. The quantitative estimate of drug-likeness (QED) is 0.176. The van der Waals surface area contributed by atoms with E-state index in [2.05, 4.69) is 15.0 Å². The second kappa shape index (κ2) is 12.8. The monoisotopic (exact) mass is 587 g/mol. The van der Waals surface area contributed by atoms with Crippen molar-refractivity contribution in [3.8, 4) is 34.3 Å². The molecule has 3 aromatic heterocycles. The minimum absolute atomic E-state index is 0.213. The number of nitrogens with zero attached hydrogens (tertiary/aromatic N) is 3. The van der Waals surface area contributed by atoms with Crippen LogP contribution in [0.3, 0.4) is 0 Å². The average molecular weight is 588 g/mol. The molecule has 9 nitrogen and oxygen atoms in total. The molecule has 0 unspecified atom stereocenters. The number of rotatable bonds is 11. The number of nitrogen functional groups attached to an aromatic ring is 1. The Bertz CT molecular complexity index is 1900. The van der Waals surface area contributed by atoms with Gasteiger partial charge in [-0.25, -0.2) is 4.98 Å². The number of methoxy groups -OCH3 is 2. The molecule has 222 valence electrons. The van der Waals surface area contributed by atoms with Gasteiger partial charge in [-0.15, -0.1) is 0 Å². The molecule has 1 atom stereocenters. The first kappa shape index (κ1) is 28.7. The third kappa shape index (κ3) is 6.33. The number of aromatic nitrogens is 3. The van der Waals surface area contributed by atoms with Crippen LogP contribution in [-0.4, -0.2) is 41.8 Å². The minimum Gasteiger partial charge on any atom is -0.493 e.